The molecule has 2 unspecified atom stereocenters. The Bertz CT molecular complexity index is 1270. The molecule has 1 N–H and O–H groups in total. The third kappa shape index (κ3) is 6.95. The molecule has 0 saturated heterocycles. The number of benzene rings is 2. The average Bonchev–Trinajstić information content (AvgIpc) is 2.88. The van der Waals surface area contributed by atoms with Gasteiger partial charge in [-0.1, -0.05) is 55.1 Å². The average molecular weight is 520 g/mol. The minimum absolute atomic E-state index is 0.122. The summed E-state index contributed by atoms with van der Waals surface area (Å²) in [4.78, 5) is 39.7. The number of esters is 2. The molecule has 1 aliphatic heterocycles. The van der Waals surface area contributed by atoms with E-state index in [0.717, 1.165) is 5.56 Å². The van der Waals surface area contributed by atoms with Crippen LogP contribution in [-0.4, -0.2) is 48.1 Å². The first kappa shape index (κ1) is 28.3. The summed E-state index contributed by atoms with van der Waals surface area (Å²) in [5.74, 6) is -2.19. The molecule has 38 heavy (non-hydrogen) atoms. The van der Waals surface area contributed by atoms with E-state index < -0.39 is 28.9 Å². The molecule has 3 rings (SSSR count). The first-order valence-corrected chi connectivity index (χ1v) is 12.3. The molecule has 9 nitrogen and oxygen atoms in total. The van der Waals surface area contributed by atoms with E-state index in [1.807, 2.05) is 42.3 Å². The maximum absolute atomic E-state index is 13.4. The molecule has 2 aromatic carbocycles. The van der Waals surface area contributed by atoms with Crippen molar-refractivity contribution in [1.29, 1.82) is 0 Å². The van der Waals surface area contributed by atoms with Crippen molar-refractivity contribution < 1.29 is 24.0 Å². The molecule has 0 fully saturated rings. The molecule has 0 saturated carbocycles. The molecular formula is C29H33N3O6. The quantitative estimate of drug-likeness (QED) is 0.198. The number of hydrogen-bond donors (Lipinski definition) is 1. The predicted molar refractivity (Wildman–Crippen MR) is 144 cm³/mol. The molecule has 2 aromatic rings. The normalized spacial score (nSPS) is 16.1. The molecule has 1 aliphatic rings. The van der Waals surface area contributed by atoms with Crippen LogP contribution >= 0.6 is 0 Å². The zero-order valence-electron chi connectivity index (χ0n) is 22.1. The topological polar surface area (TPSA) is 111 Å². The lowest BCUT2D eigenvalue weighted by atomic mass is 9.80. The molecular weight excluding hydrogens is 486 g/mol. The highest BCUT2D eigenvalue weighted by Crippen LogP contribution is 2.40. The van der Waals surface area contributed by atoms with Gasteiger partial charge in [-0.15, -0.1) is 0 Å². The van der Waals surface area contributed by atoms with Gasteiger partial charge in [-0.2, -0.15) is 0 Å². The lowest BCUT2D eigenvalue weighted by Gasteiger charge is -2.31. The molecule has 0 bridgehead atoms. The summed E-state index contributed by atoms with van der Waals surface area (Å²) in [6.45, 7) is 10.0. The molecule has 0 radical (unpaired) electrons. The van der Waals surface area contributed by atoms with Crippen LogP contribution in [-0.2, 0) is 25.6 Å². The maximum Gasteiger partial charge on any atom is 0.337 e. The van der Waals surface area contributed by atoms with Crippen molar-refractivity contribution in [3.05, 3.63) is 111 Å². The minimum Gasteiger partial charge on any atom is -0.461 e. The van der Waals surface area contributed by atoms with E-state index in [1.165, 1.54) is 24.3 Å². The van der Waals surface area contributed by atoms with Gasteiger partial charge in [-0.3, -0.25) is 15.0 Å². The van der Waals surface area contributed by atoms with Gasteiger partial charge in [0, 0.05) is 36.6 Å². The van der Waals surface area contributed by atoms with Gasteiger partial charge < -0.3 is 14.8 Å². The second-order valence-electron chi connectivity index (χ2n) is 9.19. The smallest absolute Gasteiger partial charge is 0.337 e. The lowest BCUT2D eigenvalue weighted by Crippen LogP contribution is -2.34. The summed E-state index contributed by atoms with van der Waals surface area (Å²) in [5.41, 5.74) is 2.75. The summed E-state index contributed by atoms with van der Waals surface area (Å²) in [7, 11) is 1.93. The third-order valence-corrected chi connectivity index (χ3v) is 6.24. The van der Waals surface area contributed by atoms with E-state index in [0.29, 0.717) is 30.0 Å². The number of nitro groups is 1. The summed E-state index contributed by atoms with van der Waals surface area (Å²) < 4.78 is 11.2. The Morgan fingerprint density at radius 2 is 1.76 bits per heavy atom. The SMILES string of the molecule is C=CC(C)OC(=O)C1=C(C)NC(C)=C(C(=O)OCCN(C)Cc2ccccc2)C1c1cccc([N+](=O)[O-])c1. The summed E-state index contributed by atoms with van der Waals surface area (Å²) in [6, 6.07) is 15.8. The number of carbonyl (C=O) groups is 2. The van der Waals surface area contributed by atoms with Crippen molar-refractivity contribution in [1.82, 2.24) is 10.2 Å². The molecule has 0 spiro atoms. The van der Waals surface area contributed by atoms with Gasteiger partial charge in [-0.25, -0.2) is 9.59 Å². The van der Waals surface area contributed by atoms with Crippen LogP contribution in [0.1, 0.15) is 37.8 Å². The first-order chi connectivity index (χ1) is 18.1. The molecule has 0 aromatic heterocycles. The van der Waals surface area contributed by atoms with Gasteiger partial charge in [0.25, 0.3) is 5.69 Å². The Balaban J connectivity index is 1.88. The number of ether oxygens (including phenoxy) is 2. The summed E-state index contributed by atoms with van der Waals surface area (Å²) >= 11 is 0. The zero-order chi connectivity index (χ0) is 27.8. The predicted octanol–water partition coefficient (Wildman–Crippen LogP) is 4.62. The molecule has 2 atom stereocenters. The number of likely N-dealkylation sites (N-methyl/N-ethyl adjacent to an activating group) is 1. The number of rotatable bonds is 11. The van der Waals surface area contributed by atoms with Crippen molar-refractivity contribution in [2.45, 2.75) is 39.3 Å². The van der Waals surface area contributed by atoms with E-state index in [-0.39, 0.29) is 23.4 Å². The lowest BCUT2D eigenvalue weighted by molar-refractivity contribution is -0.384. The van der Waals surface area contributed by atoms with Crippen LogP contribution in [0.15, 0.2) is 89.8 Å². The molecule has 0 aliphatic carbocycles. The highest BCUT2D eigenvalue weighted by atomic mass is 16.6. The third-order valence-electron chi connectivity index (χ3n) is 6.24. The van der Waals surface area contributed by atoms with E-state index in [4.69, 9.17) is 9.47 Å². The standard InChI is InChI=1S/C29H33N3O6/c1-6-19(2)38-29(34)26-21(4)30-20(3)25(27(26)23-13-10-14-24(17-23)32(35)36)28(33)37-16-15-31(5)18-22-11-8-7-9-12-22/h6-14,17,19,27,30H,1,15-16,18H2,2-5H3. The van der Waals surface area contributed by atoms with Gasteiger partial charge in [0.2, 0.25) is 0 Å². The van der Waals surface area contributed by atoms with Crippen LogP contribution in [0, 0.1) is 10.1 Å². The van der Waals surface area contributed by atoms with E-state index in [1.54, 1.807) is 26.8 Å². The van der Waals surface area contributed by atoms with Crippen LogP contribution in [0.25, 0.3) is 0 Å². The number of carbonyl (C=O) groups excluding carboxylic acids is 2. The molecule has 9 heteroatoms. The van der Waals surface area contributed by atoms with Gasteiger partial charge in [-0.05, 0) is 38.9 Å². The van der Waals surface area contributed by atoms with Crippen molar-refractivity contribution >= 4 is 17.6 Å². The van der Waals surface area contributed by atoms with Crippen LogP contribution < -0.4 is 5.32 Å². The van der Waals surface area contributed by atoms with E-state index in [9.17, 15) is 19.7 Å². The van der Waals surface area contributed by atoms with Crippen molar-refractivity contribution in [3.63, 3.8) is 0 Å². The summed E-state index contributed by atoms with van der Waals surface area (Å²) in [6.07, 6.45) is 0.908. The second-order valence-corrected chi connectivity index (χ2v) is 9.19. The van der Waals surface area contributed by atoms with Gasteiger partial charge in [0.1, 0.15) is 12.7 Å². The van der Waals surface area contributed by atoms with Gasteiger partial charge >= 0.3 is 11.9 Å². The zero-order valence-corrected chi connectivity index (χ0v) is 22.1. The fraction of sp³-hybridized carbons (Fsp3) is 0.310. The van der Waals surface area contributed by atoms with E-state index >= 15 is 0 Å². The fourth-order valence-corrected chi connectivity index (χ4v) is 4.31. The second kappa shape index (κ2) is 12.8. The highest BCUT2D eigenvalue weighted by Gasteiger charge is 2.38. The monoisotopic (exact) mass is 519 g/mol. The Kier molecular flexibility index (Phi) is 9.56. The van der Waals surface area contributed by atoms with Crippen molar-refractivity contribution in [2.75, 3.05) is 20.2 Å². The van der Waals surface area contributed by atoms with Crippen LogP contribution in [0.3, 0.4) is 0 Å². The molecule has 200 valence electrons. The van der Waals surface area contributed by atoms with Crippen LogP contribution in [0.2, 0.25) is 0 Å². The fourth-order valence-electron chi connectivity index (χ4n) is 4.31. The Morgan fingerprint density at radius 3 is 2.39 bits per heavy atom. The first-order valence-electron chi connectivity index (χ1n) is 12.3. The van der Waals surface area contributed by atoms with Crippen molar-refractivity contribution in [3.8, 4) is 0 Å². The van der Waals surface area contributed by atoms with Crippen LogP contribution in [0.5, 0.6) is 0 Å². The number of nitrogens with zero attached hydrogens (tertiary/aromatic N) is 2. The molecule has 1 heterocycles. The van der Waals surface area contributed by atoms with Crippen molar-refractivity contribution in [2.24, 2.45) is 0 Å². The number of nitrogens with one attached hydrogen (secondary N) is 1. The van der Waals surface area contributed by atoms with Gasteiger partial charge in [0.15, 0.2) is 0 Å². The largest absolute Gasteiger partial charge is 0.461 e. The van der Waals surface area contributed by atoms with Crippen LogP contribution in [0.4, 0.5) is 5.69 Å². The number of non-ortho nitro benzene ring substituents is 1. The molecule has 0 amide bonds. The van der Waals surface area contributed by atoms with Gasteiger partial charge in [0.05, 0.1) is 22.0 Å². The number of nitro benzene ring substituents is 1. The summed E-state index contributed by atoms with van der Waals surface area (Å²) in [5, 5.41) is 14.6. The van der Waals surface area contributed by atoms with E-state index in [2.05, 4.69) is 11.9 Å². The Labute approximate surface area is 222 Å². The Hall–Kier alpha value is -4.24. The Morgan fingerprint density at radius 1 is 1.11 bits per heavy atom. The number of dihydropyridines is 1. The number of hydrogen-bond acceptors (Lipinski definition) is 8. The highest BCUT2D eigenvalue weighted by molar-refractivity contribution is 6.00. The number of allylic oxidation sites excluding steroid dienone is 2. The maximum atomic E-state index is 13.4. The minimum atomic E-state index is -0.921.